The van der Waals surface area contributed by atoms with E-state index in [1.165, 1.54) is 4.90 Å². The Morgan fingerprint density at radius 1 is 1.20 bits per heavy atom. The van der Waals surface area contributed by atoms with Crippen molar-refractivity contribution in [3.05, 3.63) is 24.3 Å². The highest BCUT2D eigenvalue weighted by Gasteiger charge is 2.36. The largest absolute Gasteiger partial charge is 0.491 e. The summed E-state index contributed by atoms with van der Waals surface area (Å²) in [4.78, 5) is 26.4. The van der Waals surface area contributed by atoms with E-state index >= 15 is 0 Å². The van der Waals surface area contributed by atoms with Crippen molar-refractivity contribution in [3.63, 3.8) is 0 Å². The van der Waals surface area contributed by atoms with E-state index in [0.717, 1.165) is 12.2 Å². The van der Waals surface area contributed by atoms with Crippen LogP contribution in [0, 0.1) is 0 Å². The van der Waals surface area contributed by atoms with Crippen LogP contribution >= 0.6 is 0 Å². The molecule has 0 radical (unpaired) electrons. The molecule has 0 saturated carbocycles. The van der Waals surface area contributed by atoms with Gasteiger partial charge in [-0.1, -0.05) is 0 Å². The van der Waals surface area contributed by atoms with E-state index in [9.17, 15) is 9.59 Å². The summed E-state index contributed by atoms with van der Waals surface area (Å²) in [5.74, 6) is 0.560. The summed E-state index contributed by atoms with van der Waals surface area (Å²) >= 11 is 0. The van der Waals surface area contributed by atoms with Crippen molar-refractivity contribution >= 4 is 17.7 Å². The van der Waals surface area contributed by atoms with E-state index in [1.807, 2.05) is 46.8 Å². The van der Waals surface area contributed by atoms with E-state index < -0.39 is 17.7 Å². The Morgan fingerprint density at radius 2 is 1.84 bits per heavy atom. The quantitative estimate of drug-likeness (QED) is 0.898. The van der Waals surface area contributed by atoms with Gasteiger partial charge < -0.3 is 14.8 Å². The molecule has 0 spiro atoms. The minimum Gasteiger partial charge on any atom is -0.491 e. The summed E-state index contributed by atoms with van der Waals surface area (Å²) in [5, 5.41) is 2.87. The van der Waals surface area contributed by atoms with Crippen molar-refractivity contribution in [2.75, 3.05) is 11.9 Å². The van der Waals surface area contributed by atoms with Crippen molar-refractivity contribution in [3.8, 4) is 5.75 Å². The fraction of sp³-hybridized carbons (Fsp3) is 0.579. The van der Waals surface area contributed by atoms with E-state index in [0.29, 0.717) is 18.7 Å². The van der Waals surface area contributed by atoms with Gasteiger partial charge in [0.25, 0.3) is 0 Å². The first kappa shape index (κ1) is 19.1. The molecule has 138 valence electrons. The molecular formula is C19H28N2O4. The van der Waals surface area contributed by atoms with E-state index in [4.69, 9.17) is 9.47 Å². The molecule has 1 heterocycles. The number of ether oxygens (including phenoxy) is 2. The summed E-state index contributed by atoms with van der Waals surface area (Å²) in [6.45, 7) is 9.90. The molecule has 25 heavy (non-hydrogen) atoms. The Kier molecular flexibility index (Phi) is 5.93. The van der Waals surface area contributed by atoms with Crippen LogP contribution in [0.4, 0.5) is 10.5 Å². The van der Waals surface area contributed by atoms with Gasteiger partial charge in [0.05, 0.1) is 6.10 Å². The summed E-state index contributed by atoms with van der Waals surface area (Å²) in [7, 11) is 0. The second-order valence-electron chi connectivity index (χ2n) is 7.51. The molecule has 1 fully saturated rings. The number of nitrogens with zero attached hydrogens (tertiary/aromatic N) is 1. The topological polar surface area (TPSA) is 67.9 Å². The van der Waals surface area contributed by atoms with Crippen LogP contribution in [0.25, 0.3) is 0 Å². The van der Waals surface area contributed by atoms with E-state index in [2.05, 4.69) is 5.32 Å². The van der Waals surface area contributed by atoms with Crippen LogP contribution in [-0.2, 0) is 9.53 Å². The highest BCUT2D eigenvalue weighted by molar-refractivity contribution is 5.96. The molecular weight excluding hydrogens is 320 g/mol. The van der Waals surface area contributed by atoms with Crippen molar-refractivity contribution in [1.29, 1.82) is 0 Å². The predicted octanol–water partition coefficient (Wildman–Crippen LogP) is 3.81. The number of likely N-dealkylation sites (tertiary alicyclic amines) is 1. The molecule has 1 aromatic carbocycles. The van der Waals surface area contributed by atoms with Crippen molar-refractivity contribution < 1.29 is 19.1 Å². The molecule has 1 aliphatic rings. The highest BCUT2D eigenvalue weighted by Crippen LogP contribution is 2.23. The third-order valence-corrected chi connectivity index (χ3v) is 3.68. The average molecular weight is 348 g/mol. The third-order valence-electron chi connectivity index (χ3n) is 3.68. The second-order valence-corrected chi connectivity index (χ2v) is 7.51. The molecule has 2 rings (SSSR count). The van der Waals surface area contributed by atoms with Crippen LogP contribution in [0.5, 0.6) is 5.75 Å². The Hall–Kier alpha value is -2.24. The van der Waals surface area contributed by atoms with Gasteiger partial charge in [-0.25, -0.2) is 4.79 Å². The smallest absolute Gasteiger partial charge is 0.410 e. The summed E-state index contributed by atoms with van der Waals surface area (Å²) in [6, 6.07) is 6.72. The second kappa shape index (κ2) is 7.76. The third kappa shape index (κ3) is 5.66. The summed E-state index contributed by atoms with van der Waals surface area (Å²) < 4.78 is 11.0. The molecule has 1 aliphatic heterocycles. The summed E-state index contributed by atoms with van der Waals surface area (Å²) in [6.07, 6.45) is 1.09. The molecule has 1 saturated heterocycles. The predicted molar refractivity (Wildman–Crippen MR) is 96.8 cm³/mol. The Morgan fingerprint density at radius 3 is 2.40 bits per heavy atom. The van der Waals surface area contributed by atoms with Crippen molar-refractivity contribution in [1.82, 2.24) is 4.90 Å². The first-order chi connectivity index (χ1) is 11.7. The van der Waals surface area contributed by atoms with Crippen LogP contribution in [-0.4, -0.2) is 41.2 Å². The normalized spacial score (nSPS) is 17.5. The first-order valence-electron chi connectivity index (χ1n) is 8.73. The Bertz CT molecular complexity index is 605. The van der Waals surface area contributed by atoms with Crippen LogP contribution in [0.15, 0.2) is 24.3 Å². The lowest BCUT2D eigenvalue weighted by atomic mass is 10.2. The van der Waals surface area contributed by atoms with Gasteiger partial charge in [0.15, 0.2) is 0 Å². The highest BCUT2D eigenvalue weighted by atomic mass is 16.6. The monoisotopic (exact) mass is 348 g/mol. The molecule has 0 bridgehead atoms. The average Bonchev–Trinajstić information content (AvgIpc) is 2.96. The molecule has 0 aliphatic carbocycles. The number of carbonyl (C=O) groups excluding carboxylic acids is 2. The van der Waals surface area contributed by atoms with Crippen molar-refractivity contribution in [2.45, 2.75) is 65.2 Å². The molecule has 6 heteroatoms. The molecule has 1 N–H and O–H groups in total. The number of anilines is 1. The van der Waals surface area contributed by atoms with Crippen LogP contribution in [0.1, 0.15) is 47.5 Å². The molecule has 1 aromatic rings. The molecule has 2 amide bonds. The van der Waals surface area contributed by atoms with Gasteiger partial charge in [-0.2, -0.15) is 0 Å². The molecule has 1 atom stereocenters. The minimum atomic E-state index is -0.576. The van der Waals surface area contributed by atoms with Crippen LogP contribution in [0.3, 0.4) is 0 Å². The lowest BCUT2D eigenvalue weighted by Crippen LogP contribution is -2.45. The molecule has 6 nitrogen and oxygen atoms in total. The van der Waals surface area contributed by atoms with E-state index in [1.54, 1.807) is 12.1 Å². The number of carbonyl (C=O) groups is 2. The van der Waals surface area contributed by atoms with Gasteiger partial charge in [-0.15, -0.1) is 0 Å². The molecule has 0 unspecified atom stereocenters. The van der Waals surface area contributed by atoms with Gasteiger partial charge in [0.2, 0.25) is 5.91 Å². The number of benzene rings is 1. The Balaban J connectivity index is 1.98. The fourth-order valence-corrected chi connectivity index (χ4v) is 2.69. The first-order valence-corrected chi connectivity index (χ1v) is 8.73. The van der Waals surface area contributed by atoms with Gasteiger partial charge in [0.1, 0.15) is 17.4 Å². The number of rotatable bonds is 4. The van der Waals surface area contributed by atoms with Crippen LogP contribution in [0.2, 0.25) is 0 Å². The van der Waals surface area contributed by atoms with E-state index in [-0.39, 0.29) is 12.0 Å². The lowest BCUT2D eigenvalue weighted by Gasteiger charge is -2.28. The number of hydrogen-bond donors (Lipinski definition) is 1. The van der Waals surface area contributed by atoms with Gasteiger partial charge in [-0.3, -0.25) is 9.69 Å². The van der Waals surface area contributed by atoms with Gasteiger partial charge >= 0.3 is 6.09 Å². The Labute approximate surface area is 149 Å². The number of amides is 2. The minimum absolute atomic E-state index is 0.0984. The summed E-state index contributed by atoms with van der Waals surface area (Å²) in [5.41, 5.74) is 0.101. The SMILES string of the molecule is CC(C)Oc1ccc(NC(=O)[C@@H]2CCCN2C(=O)OC(C)(C)C)cc1. The lowest BCUT2D eigenvalue weighted by molar-refractivity contribution is -0.120. The van der Waals surface area contributed by atoms with Crippen LogP contribution < -0.4 is 10.1 Å². The number of nitrogens with one attached hydrogen (secondary N) is 1. The van der Waals surface area contributed by atoms with Gasteiger partial charge in [0, 0.05) is 12.2 Å². The zero-order valence-corrected chi connectivity index (χ0v) is 15.7. The van der Waals surface area contributed by atoms with Crippen molar-refractivity contribution in [2.24, 2.45) is 0 Å². The standard InChI is InChI=1S/C19H28N2O4/c1-13(2)24-15-10-8-14(9-11-15)20-17(22)16-7-6-12-21(16)18(23)25-19(3,4)5/h8-11,13,16H,6-7,12H2,1-5H3,(H,20,22)/t16-/m0/s1. The number of hydrogen-bond acceptors (Lipinski definition) is 4. The fourth-order valence-electron chi connectivity index (χ4n) is 2.69. The maximum atomic E-state index is 12.6. The van der Waals surface area contributed by atoms with Gasteiger partial charge in [-0.05, 0) is 71.7 Å². The maximum absolute atomic E-state index is 12.6. The molecule has 0 aromatic heterocycles. The zero-order chi connectivity index (χ0) is 18.6. The zero-order valence-electron chi connectivity index (χ0n) is 15.7. The maximum Gasteiger partial charge on any atom is 0.410 e.